The maximum absolute atomic E-state index is 6.10. The highest BCUT2D eigenvalue weighted by molar-refractivity contribution is 6.05. The molecule has 2 atom stereocenters. The van der Waals surface area contributed by atoms with Gasteiger partial charge in [0.05, 0.1) is 24.4 Å². The van der Waals surface area contributed by atoms with Gasteiger partial charge in [0.15, 0.2) is 0 Å². The molecule has 34 heavy (non-hydrogen) atoms. The Hall–Kier alpha value is -3.03. The molecule has 1 aliphatic carbocycles. The number of hydrogen-bond donors (Lipinski definition) is 2. The van der Waals surface area contributed by atoms with Gasteiger partial charge in [-0.15, -0.1) is 0 Å². The van der Waals surface area contributed by atoms with Crippen LogP contribution in [0.4, 0.5) is 0 Å². The molecule has 1 saturated carbocycles. The minimum atomic E-state index is 0.182. The molecule has 5 heterocycles. The van der Waals surface area contributed by atoms with E-state index in [1.807, 2.05) is 18.5 Å². The predicted octanol–water partition coefficient (Wildman–Crippen LogP) is 3.93. The number of morpholine rings is 1. The van der Waals surface area contributed by atoms with Crippen LogP contribution in [0.2, 0.25) is 0 Å². The minimum Gasteiger partial charge on any atom is -0.373 e. The Morgan fingerprint density at radius 2 is 2.12 bits per heavy atom. The monoisotopic (exact) mass is 456 g/mol. The molecule has 7 heteroatoms. The number of hydrogen-bond acceptors (Lipinski definition) is 5. The molecule has 3 aromatic heterocycles. The van der Waals surface area contributed by atoms with E-state index in [-0.39, 0.29) is 12.1 Å². The van der Waals surface area contributed by atoms with Gasteiger partial charge in [0.2, 0.25) is 0 Å². The van der Waals surface area contributed by atoms with Gasteiger partial charge in [-0.05, 0) is 55.9 Å². The van der Waals surface area contributed by atoms with E-state index in [1.165, 1.54) is 36.0 Å². The van der Waals surface area contributed by atoms with Crippen molar-refractivity contribution in [1.82, 2.24) is 25.2 Å². The number of aryl methyl sites for hydroxylation is 2. The maximum atomic E-state index is 6.10. The number of aliphatic imine (C=N–C) groups is 1. The van der Waals surface area contributed by atoms with Gasteiger partial charge in [0.1, 0.15) is 11.5 Å². The molecule has 2 N–H and O–H groups in total. The summed E-state index contributed by atoms with van der Waals surface area (Å²) in [6.07, 6.45) is 9.77. The second-order valence-electron chi connectivity index (χ2n) is 9.83. The minimum absolute atomic E-state index is 0.182. The van der Waals surface area contributed by atoms with Gasteiger partial charge in [-0.25, -0.2) is 9.98 Å². The van der Waals surface area contributed by atoms with Gasteiger partial charge in [0, 0.05) is 60.4 Å². The van der Waals surface area contributed by atoms with Crippen molar-refractivity contribution in [3.8, 4) is 0 Å². The van der Waals surface area contributed by atoms with Crippen LogP contribution in [-0.2, 0) is 4.74 Å². The molecule has 0 aromatic carbocycles. The molecular weight excluding hydrogens is 424 g/mol. The molecule has 6 rings (SSSR count). The summed E-state index contributed by atoms with van der Waals surface area (Å²) < 4.78 is 6.10. The lowest BCUT2D eigenvalue weighted by molar-refractivity contribution is -0.0198. The highest BCUT2D eigenvalue weighted by Crippen LogP contribution is 2.39. The van der Waals surface area contributed by atoms with Crippen molar-refractivity contribution in [2.24, 2.45) is 4.99 Å². The highest BCUT2D eigenvalue weighted by atomic mass is 16.5. The Balaban J connectivity index is 1.50. The molecule has 2 unspecified atom stereocenters. The standard InChI is InChI=1S/C27H32N6O/c1-16-12-28-13-22(19-5-4-6-19)25(16)27(33-9-10-34-24-15-29-14-23(24)33)32-18(3)20-7-8-30-26-21(20)11-17(2)31-26/h7-8,11-13,19,23-24,29H,3-6,9-10,14-15H2,1-2H3,(H,30,31). The lowest BCUT2D eigenvalue weighted by Gasteiger charge is -2.40. The summed E-state index contributed by atoms with van der Waals surface area (Å²) in [7, 11) is 0. The van der Waals surface area contributed by atoms with Crippen LogP contribution in [0.25, 0.3) is 16.7 Å². The van der Waals surface area contributed by atoms with Gasteiger partial charge in [-0.2, -0.15) is 0 Å². The van der Waals surface area contributed by atoms with Crippen LogP contribution in [-0.4, -0.2) is 64.1 Å². The fraction of sp³-hybridized carbons (Fsp3) is 0.444. The first-order valence-corrected chi connectivity index (χ1v) is 12.4. The van der Waals surface area contributed by atoms with Crippen molar-refractivity contribution in [3.63, 3.8) is 0 Å². The quantitative estimate of drug-likeness (QED) is 0.459. The third-order valence-electron chi connectivity index (χ3n) is 7.62. The van der Waals surface area contributed by atoms with Crippen molar-refractivity contribution < 1.29 is 4.74 Å². The van der Waals surface area contributed by atoms with E-state index in [0.29, 0.717) is 12.5 Å². The number of aromatic nitrogens is 3. The molecule has 3 aromatic rings. The molecule has 3 aliphatic rings. The SMILES string of the molecule is C=C(N=C(c1c(C)cncc1C1CCC1)N1CCOC2CNCC21)c1ccnc2[nH]c(C)cc12. The predicted molar refractivity (Wildman–Crippen MR) is 135 cm³/mol. The largest absolute Gasteiger partial charge is 0.373 e. The Morgan fingerprint density at radius 1 is 1.24 bits per heavy atom. The highest BCUT2D eigenvalue weighted by Gasteiger charge is 2.39. The molecule has 0 bridgehead atoms. The van der Waals surface area contributed by atoms with Crippen LogP contribution >= 0.6 is 0 Å². The second-order valence-corrected chi connectivity index (χ2v) is 9.83. The summed E-state index contributed by atoms with van der Waals surface area (Å²) in [5.41, 5.74) is 7.44. The summed E-state index contributed by atoms with van der Waals surface area (Å²) in [6.45, 7) is 12.0. The van der Waals surface area contributed by atoms with Gasteiger partial charge in [-0.3, -0.25) is 4.98 Å². The first-order valence-electron chi connectivity index (χ1n) is 12.4. The second kappa shape index (κ2) is 8.64. The molecule has 2 saturated heterocycles. The number of pyridine rings is 2. The number of nitrogens with one attached hydrogen (secondary N) is 2. The fourth-order valence-corrected chi connectivity index (χ4v) is 5.64. The molecule has 0 radical (unpaired) electrons. The summed E-state index contributed by atoms with van der Waals surface area (Å²) in [5, 5.41) is 4.57. The van der Waals surface area contributed by atoms with Gasteiger partial charge >= 0.3 is 0 Å². The van der Waals surface area contributed by atoms with Crippen molar-refractivity contribution in [1.29, 1.82) is 0 Å². The van der Waals surface area contributed by atoms with Crippen molar-refractivity contribution in [3.05, 3.63) is 65.2 Å². The van der Waals surface area contributed by atoms with Crippen LogP contribution in [0.15, 0.2) is 42.3 Å². The zero-order chi connectivity index (χ0) is 23.2. The number of fused-ring (bicyclic) bond motifs is 2. The number of amidine groups is 1. The smallest absolute Gasteiger partial charge is 0.138 e. The topological polar surface area (TPSA) is 78.4 Å². The van der Waals surface area contributed by atoms with Crippen LogP contribution in [0.3, 0.4) is 0 Å². The Bertz CT molecular complexity index is 1270. The van der Waals surface area contributed by atoms with Crippen LogP contribution in [0.1, 0.15) is 53.1 Å². The van der Waals surface area contributed by atoms with E-state index < -0.39 is 0 Å². The van der Waals surface area contributed by atoms with Crippen LogP contribution < -0.4 is 5.32 Å². The third kappa shape index (κ3) is 3.63. The molecule has 0 spiro atoms. The van der Waals surface area contributed by atoms with E-state index in [4.69, 9.17) is 9.73 Å². The summed E-state index contributed by atoms with van der Waals surface area (Å²) in [6, 6.07) is 4.40. The summed E-state index contributed by atoms with van der Waals surface area (Å²) in [5.74, 6) is 1.56. The molecular formula is C27H32N6O. The van der Waals surface area contributed by atoms with Crippen LogP contribution in [0.5, 0.6) is 0 Å². The van der Waals surface area contributed by atoms with E-state index in [2.05, 4.69) is 57.9 Å². The fourth-order valence-electron chi connectivity index (χ4n) is 5.64. The third-order valence-corrected chi connectivity index (χ3v) is 7.62. The van der Waals surface area contributed by atoms with Gasteiger partial charge in [-0.1, -0.05) is 13.0 Å². The average Bonchev–Trinajstić information content (AvgIpc) is 3.42. The van der Waals surface area contributed by atoms with Crippen molar-refractivity contribution in [2.45, 2.75) is 51.2 Å². The maximum Gasteiger partial charge on any atom is 0.138 e. The Labute approximate surface area is 200 Å². The number of nitrogens with zero attached hydrogens (tertiary/aromatic N) is 4. The molecule has 3 fully saturated rings. The van der Waals surface area contributed by atoms with Gasteiger partial charge < -0.3 is 19.9 Å². The van der Waals surface area contributed by atoms with Gasteiger partial charge in [0.25, 0.3) is 0 Å². The van der Waals surface area contributed by atoms with E-state index >= 15 is 0 Å². The van der Waals surface area contributed by atoms with Crippen LogP contribution in [0, 0.1) is 13.8 Å². The first-order chi connectivity index (χ1) is 16.6. The number of rotatable bonds is 4. The Morgan fingerprint density at radius 3 is 2.94 bits per heavy atom. The Kier molecular flexibility index (Phi) is 5.46. The summed E-state index contributed by atoms with van der Waals surface area (Å²) in [4.78, 5) is 20.2. The van der Waals surface area contributed by atoms with Crippen molar-refractivity contribution in [2.75, 3.05) is 26.2 Å². The molecule has 0 amide bonds. The number of aromatic amines is 1. The molecule has 176 valence electrons. The zero-order valence-corrected chi connectivity index (χ0v) is 20.0. The normalized spacial score (nSPS) is 23.2. The van der Waals surface area contributed by atoms with Crippen molar-refractivity contribution >= 4 is 22.6 Å². The lowest BCUT2D eigenvalue weighted by atomic mass is 9.78. The molecule has 2 aliphatic heterocycles. The van der Waals surface area contributed by atoms with E-state index in [9.17, 15) is 0 Å². The van der Waals surface area contributed by atoms with E-state index in [1.54, 1.807) is 0 Å². The number of ether oxygens (including phenoxy) is 1. The summed E-state index contributed by atoms with van der Waals surface area (Å²) >= 11 is 0. The lowest BCUT2D eigenvalue weighted by Crippen LogP contribution is -2.53. The number of H-pyrrole nitrogens is 1. The zero-order valence-electron chi connectivity index (χ0n) is 20.0. The average molecular weight is 457 g/mol. The first kappa shape index (κ1) is 21.5. The molecule has 7 nitrogen and oxygen atoms in total. The van der Waals surface area contributed by atoms with E-state index in [0.717, 1.165) is 53.5 Å².